The summed E-state index contributed by atoms with van der Waals surface area (Å²) in [5, 5.41) is 6.87. The van der Waals surface area contributed by atoms with Crippen LogP contribution < -0.4 is 5.32 Å². The Kier molecular flexibility index (Phi) is 5.76. The second-order valence-electron chi connectivity index (χ2n) is 6.47. The van der Waals surface area contributed by atoms with E-state index in [1.165, 1.54) is 0 Å². The Balaban J connectivity index is 1.65. The highest BCUT2D eigenvalue weighted by Crippen LogP contribution is 2.25. The minimum absolute atomic E-state index is 0.0897. The van der Waals surface area contributed by atoms with Gasteiger partial charge in [0.15, 0.2) is 15.7 Å². The number of sulfone groups is 1. The molecule has 0 bridgehead atoms. The fourth-order valence-corrected chi connectivity index (χ4v) is 5.27. The van der Waals surface area contributed by atoms with E-state index in [0.29, 0.717) is 24.6 Å². The third-order valence-corrected chi connectivity index (χ3v) is 6.70. The zero-order valence-electron chi connectivity index (χ0n) is 14.3. The molecule has 1 N–H and O–H groups in total. The van der Waals surface area contributed by atoms with Crippen molar-refractivity contribution in [2.75, 3.05) is 11.5 Å². The second-order valence-corrected chi connectivity index (χ2v) is 9.61. The highest BCUT2D eigenvalue weighted by Gasteiger charge is 2.30. The van der Waals surface area contributed by atoms with Gasteiger partial charge in [0.2, 0.25) is 5.91 Å². The van der Waals surface area contributed by atoms with Crippen LogP contribution in [0.25, 0.3) is 11.5 Å². The zero-order valence-corrected chi connectivity index (χ0v) is 16.7. The molecule has 2 aromatic rings. The van der Waals surface area contributed by atoms with E-state index in [1.807, 2.05) is 31.2 Å². The Labute approximate surface area is 160 Å². The summed E-state index contributed by atoms with van der Waals surface area (Å²) < 4.78 is 29.3. The molecule has 0 radical (unpaired) electrons. The van der Waals surface area contributed by atoms with Crippen LogP contribution in [0.4, 0.5) is 0 Å². The van der Waals surface area contributed by atoms with Gasteiger partial charge in [-0.2, -0.15) is 4.98 Å². The first kappa shape index (κ1) is 19.0. The van der Waals surface area contributed by atoms with Gasteiger partial charge >= 0.3 is 0 Å². The Bertz CT molecular complexity index is 897. The molecule has 1 aromatic heterocycles. The topological polar surface area (TPSA) is 102 Å². The molecular weight excluding hydrogens is 422 g/mol. The first-order valence-electron chi connectivity index (χ1n) is 8.45. The van der Waals surface area contributed by atoms with Crippen LogP contribution in [-0.2, 0) is 14.6 Å². The molecule has 1 amide bonds. The number of carbonyl (C=O) groups excluding carboxylic acids is 1. The van der Waals surface area contributed by atoms with Crippen LogP contribution in [0, 0.1) is 5.92 Å². The highest BCUT2D eigenvalue weighted by molar-refractivity contribution is 9.10. The molecule has 3 rings (SSSR count). The van der Waals surface area contributed by atoms with E-state index in [4.69, 9.17) is 4.52 Å². The van der Waals surface area contributed by atoms with E-state index < -0.39 is 9.84 Å². The van der Waals surface area contributed by atoms with Gasteiger partial charge < -0.3 is 9.84 Å². The Morgan fingerprint density at radius 2 is 2.27 bits per heavy atom. The summed E-state index contributed by atoms with van der Waals surface area (Å²) in [4.78, 5) is 16.7. The summed E-state index contributed by atoms with van der Waals surface area (Å²) in [7, 11) is -2.98. The van der Waals surface area contributed by atoms with Gasteiger partial charge in [0.05, 0.1) is 17.5 Å². The molecule has 1 aliphatic rings. The second kappa shape index (κ2) is 7.87. The molecule has 0 aliphatic carbocycles. The molecule has 1 fully saturated rings. The maximum atomic E-state index is 12.3. The monoisotopic (exact) mass is 441 g/mol. The fourth-order valence-electron chi connectivity index (χ4n) is 3.01. The molecule has 9 heteroatoms. The van der Waals surface area contributed by atoms with E-state index in [0.717, 1.165) is 10.0 Å². The van der Waals surface area contributed by atoms with Crippen LogP contribution in [0.15, 0.2) is 33.3 Å². The van der Waals surface area contributed by atoms with Crippen LogP contribution in [0.2, 0.25) is 0 Å². The minimum atomic E-state index is -2.98. The Morgan fingerprint density at radius 3 is 2.92 bits per heavy atom. The summed E-state index contributed by atoms with van der Waals surface area (Å²) in [6.07, 6.45) is 1.35. The molecule has 26 heavy (non-hydrogen) atoms. The summed E-state index contributed by atoms with van der Waals surface area (Å²) in [6, 6.07) is 7.14. The fraction of sp³-hybridized carbons (Fsp3) is 0.471. The number of hydrogen-bond donors (Lipinski definition) is 1. The quantitative estimate of drug-likeness (QED) is 0.738. The van der Waals surface area contributed by atoms with Crippen molar-refractivity contribution >= 4 is 31.7 Å². The van der Waals surface area contributed by atoms with Crippen molar-refractivity contribution in [3.63, 3.8) is 0 Å². The standard InChI is InChI=1S/C17H20BrN3O4S/c1-2-14(19-15(22)8-11-6-7-26(23,24)10-11)16-20-17(25-21-16)12-4-3-5-13(18)9-12/h3-5,9,11,14H,2,6-8,10H2,1H3,(H,19,22)/t11-,14+/m0/s1. The van der Waals surface area contributed by atoms with Gasteiger partial charge in [0.1, 0.15) is 0 Å². The number of amides is 1. The highest BCUT2D eigenvalue weighted by atomic mass is 79.9. The number of benzene rings is 1. The predicted octanol–water partition coefficient (Wildman–Crippen LogP) is 2.89. The van der Waals surface area contributed by atoms with Crippen LogP contribution in [0.3, 0.4) is 0 Å². The van der Waals surface area contributed by atoms with E-state index in [-0.39, 0.29) is 35.8 Å². The molecular formula is C17H20BrN3O4S. The average molecular weight is 442 g/mol. The van der Waals surface area contributed by atoms with Gasteiger partial charge in [-0.3, -0.25) is 4.79 Å². The molecule has 2 heterocycles. The maximum Gasteiger partial charge on any atom is 0.258 e. The van der Waals surface area contributed by atoms with Crippen LogP contribution in [-0.4, -0.2) is 36.0 Å². The van der Waals surface area contributed by atoms with Gasteiger partial charge in [-0.05, 0) is 37.0 Å². The third-order valence-electron chi connectivity index (χ3n) is 4.37. The normalized spacial score (nSPS) is 20.0. The van der Waals surface area contributed by atoms with Crippen molar-refractivity contribution in [3.05, 3.63) is 34.6 Å². The molecule has 1 saturated heterocycles. The van der Waals surface area contributed by atoms with Crippen LogP contribution in [0.1, 0.15) is 38.1 Å². The largest absolute Gasteiger partial charge is 0.346 e. The molecule has 1 aliphatic heterocycles. The molecule has 0 unspecified atom stereocenters. The molecule has 0 spiro atoms. The Morgan fingerprint density at radius 1 is 1.46 bits per heavy atom. The van der Waals surface area contributed by atoms with Crippen molar-refractivity contribution in [1.29, 1.82) is 0 Å². The lowest BCUT2D eigenvalue weighted by molar-refractivity contribution is -0.122. The lowest BCUT2D eigenvalue weighted by atomic mass is 10.0. The van der Waals surface area contributed by atoms with Crippen molar-refractivity contribution in [1.82, 2.24) is 15.5 Å². The number of rotatable bonds is 6. The smallest absolute Gasteiger partial charge is 0.258 e. The summed E-state index contributed by atoms with van der Waals surface area (Å²) >= 11 is 3.40. The van der Waals surface area contributed by atoms with Gasteiger partial charge in [0.25, 0.3) is 5.89 Å². The van der Waals surface area contributed by atoms with E-state index >= 15 is 0 Å². The average Bonchev–Trinajstić information content (AvgIpc) is 3.19. The minimum Gasteiger partial charge on any atom is -0.346 e. The molecule has 2 atom stereocenters. The van der Waals surface area contributed by atoms with E-state index in [9.17, 15) is 13.2 Å². The SMILES string of the molecule is CC[C@@H](NC(=O)C[C@@H]1CCS(=O)(=O)C1)c1noc(-c2cccc(Br)c2)n1. The predicted molar refractivity (Wildman–Crippen MR) is 100.0 cm³/mol. The number of nitrogens with zero attached hydrogens (tertiary/aromatic N) is 2. The van der Waals surface area contributed by atoms with Gasteiger partial charge in [-0.1, -0.05) is 34.1 Å². The van der Waals surface area contributed by atoms with Gasteiger partial charge in [-0.15, -0.1) is 0 Å². The van der Waals surface area contributed by atoms with Gasteiger partial charge in [-0.25, -0.2) is 8.42 Å². The number of nitrogens with one attached hydrogen (secondary N) is 1. The molecule has 1 aromatic carbocycles. The molecule has 0 saturated carbocycles. The lowest BCUT2D eigenvalue weighted by Gasteiger charge is -2.14. The molecule has 7 nitrogen and oxygen atoms in total. The lowest BCUT2D eigenvalue weighted by Crippen LogP contribution is -2.30. The van der Waals surface area contributed by atoms with E-state index in [2.05, 4.69) is 31.4 Å². The van der Waals surface area contributed by atoms with Gasteiger partial charge in [0, 0.05) is 16.5 Å². The summed E-state index contributed by atoms with van der Waals surface area (Å²) in [5.74, 6) is 0.758. The zero-order chi connectivity index (χ0) is 18.7. The number of carbonyl (C=O) groups is 1. The first-order chi connectivity index (χ1) is 12.4. The van der Waals surface area contributed by atoms with Crippen molar-refractivity contribution < 1.29 is 17.7 Å². The van der Waals surface area contributed by atoms with Crippen molar-refractivity contribution in [2.24, 2.45) is 5.92 Å². The number of hydrogen-bond acceptors (Lipinski definition) is 6. The number of aromatic nitrogens is 2. The van der Waals surface area contributed by atoms with Crippen molar-refractivity contribution in [2.45, 2.75) is 32.2 Å². The van der Waals surface area contributed by atoms with Crippen LogP contribution in [0.5, 0.6) is 0 Å². The van der Waals surface area contributed by atoms with Crippen molar-refractivity contribution in [3.8, 4) is 11.5 Å². The van der Waals surface area contributed by atoms with Crippen LogP contribution >= 0.6 is 15.9 Å². The summed E-state index contributed by atoms with van der Waals surface area (Å²) in [5.41, 5.74) is 0.787. The third kappa shape index (κ3) is 4.70. The number of halogens is 1. The first-order valence-corrected chi connectivity index (χ1v) is 11.1. The maximum absolute atomic E-state index is 12.3. The Hall–Kier alpha value is -1.74. The molecule has 140 valence electrons. The summed E-state index contributed by atoms with van der Waals surface area (Å²) in [6.45, 7) is 1.92. The van der Waals surface area contributed by atoms with E-state index in [1.54, 1.807) is 0 Å².